The van der Waals surface area contributed by atoms with Crippen LogP contribution < -0.4 is 10.6 Å². The zero-order valence-corrected chi connectivity index (χ0v) is 15.3. The van der Waals surface area contributed by atoms with Gasteiger partial charge in [0.25, 0.3) is 11.2 Å². The van der Waals surface area contributed by atoms with E-state index in [4.69, 9.17) is 4.42 Å². The molecule has 0 fully saturated rings. The molecule has 128 valence electrons. The Bertz CT molecular complexity index is 598. The van der Waals surface area contributed by atoms with Crippen molar-refractivity contribution in [3.05, 3.63) is 23.7 Å². The Balaban J connectivity index is 1.66. The van der Waals surface area contributed by atoms with E-state index in [1.807, 2.05) is 33.2 Å². The Morgan fingerprint density at radius 2 is 1.91 bits per heavy atom. The minimum absolute atomic E-state index is 0.579. The normalized spacial score (nSPS) is 17.3. The highest BCUT2D eigenvalue weighted by molar-refractivity contribution is 7.98. The van der Waals surface area contributed by atoms with Crippen LogP contribution in [0.25, 0.3) is 0 Å². The van der Waals surface area contributed by atoms with E-state index in [1.54, 1.807) is 11.8 Å². The minimum atomic E-state index is -1.50. The van der Waals surface area contributed by atoms with Crippen LogP contribution in [0.1, 0.15) is 18.4 Å². The Morgan fingerprint density at radius 3 is 2.61 bits per heavy atom. The largest absolute Gasteiger partial charge is 0.464 e. The minimum Gasteiger partial charge on any atom is -0.464 e. The third kappa shape index (κ3) is 6.00. The molecule has 1 aliphatic heterocycles. The number of likely N-dealkylation sites (N-methyl/N-ethyl adjacent to an activating group) is 1. The molecule has 2 rings (SSSR count). The van der Waals surface area contributed by atoms with Crippen molar-refractivity contribution >= 4 is 34.6 Å². The molecule has 0 saturated carbocycles. The molecule has 0 amide bonds. The lowest BCUT2D eigenvalue weighted by molar-refractivity contribution is 0.344. The van der Waals surface area contributed by atoms with E-state index < -0.39 is 11.2 Å². The van der Waals surface area contributed by atoms with Crippen LogP contribution in [0.3, 0.4) is 0 Å². The molecule has 9 heteroatoms. The van der Waals surface area contributed by atoms with Crippen molar-refractivity contribution in [2.75, 3.05) is 32.9 Å². The lowest BCUT2D eigenvalue weighted by Gasteiger charge is -2.08. The Labute approximate surface area is 143 Å². The maximum absolute atomic E-state index is 11.3. The summed E-state index contributed by atoms with van der Waals surface area (Å²) < 4.78 is 25.0. The monoisotopic (exact) mass is 357 g/mol. The van der Waals surface area contributed by atoms with Gasteiger partial charge in [0.2, 0.25) is 0 Å². The summed E-state index contributed by atoms with van der Waals surface area (Å²) >= 11 is 0.278. The standard InChI is InChI=1S/C14H23N5O2S2/c1-4-15-13-14(18-23(20)17-13)16-7-8-22-10-12-6-5-11(21-12)9-19(2)3/h5-6H,4,7-10H2,1-3H3,(H,15,17)(H,16,18). The van der Waals surface area contributed by atoms with Gasteiger partial charge in [-0.05, 0) is 33.2 Å². The zero-order valence-electron chi connectivity index (χ0n) is 13.7. The molecule has 2 heterocycles. The molecule has 1 atom stereocenters. The first kappa shape index (κ1) is 18.0. The number of amidine groups is 2. The van der Waals surface area contributed by atoms with Crippen LogP contribution in [-0.4, -0.2) is 53.7 Å². The van der Waals surface area contributed by atoms with Crippen LogP contribution in [0.5, 0.6) is 0 Å². The molecule has 0 bridgehead atoms. The molecule has 1 unspecified atom stereocenters. The number of furan rings is 1. The van der Waals surface area contributed by atoms with Crippen molar-refractivity contribution in [3.8, 4) is 0 Å². The second-order valence-corrected chi connectivity index (χ2v) is 7.16. The van der Waals surface area contributed by atoms with Crippen molar-refractivity contribution < 1.29 is 8.63 Å². The van der Waals surface area contributed by atoms with Crippen molar-refractivity contribution in [2.45, 2.75) is 19.2 Å². The fourth-order valence-electron chi connectivity index (χ4n) is 1.97. The molecule has 0 spiro atoms. The Kier molecular flexibility index (Phi) is 7.13. The molecule has 1 aromatic rings. The first-order chi connectivity index (χ1) is 11.1. The maximum Gasteiger partial charge on any atom is 0.269 e. The lowest BCUT2D eigenvalue weighted by Crippen LogP contribution is -2.39. The second-order valence-electron chi connectivity index (χ2n) is 5.23. The van der Waals surface area contributed by atoms with Gasteiger partial charge in [-0.15, -0.1) is 8.80 Å². The van der Waals surface area contributed by atoms with E-state index in [2.05, 4.69) is 24.3 Å². The number of thioether (sulfide) groups is 1. The van der Waals surface area contributed by atoms with Gasteiger partial charge in [-0.3, -0.25) is 0 Å². The van der Waals surface area contributed by atoms with Gasteiger partial charge >= 0.3 is 0 Å². The van der Waals surface area contributed by atoms with Gasteiger partial charge in [0.05, 0.1) is 12.3 Å². The Morgan fingerprint density at radius 1 is 1.22 bits per heavy atom. The third-order valence-corrected chi connectivity index (χ3v) is 4.54. The fraction of sp³-hybridized carbons (Fsp3) is 0.571. The summed E-state index contributed by atoms with van der Waals surface area (Å²) in [5, 5.41) is 6.22. The maximum atomic E-state index is 11.3. The first-order valence-electron chi connectivity index (χ1n) is 7.46. The van der Waals surface area contributed by atoms with Crippen LogP contribution in [0.2, 0.25) is 0 Å². The number of rotatable bonds is 8. The average molecular weight is 358 g/mol. The highest BCUT2D eigenvalue weighted by Gasteiger charge is 2.17. The van der Waals surface area contributed by atoms with Gasteiger partial charge in [0, 0.05) is 18.8 Å². The SMILES string of the molecule is CCNC1=NS(=O)N=C1NCCSCc1ccc(CN(C)C)o1. The molecule has 0 radical (unpaired) electrons. The summed E-state index contributed by atoms with van der Waals surface area (Å²) in [4.78, 5) is 2.08. The van der Waals surface area contributed by atoms with E-state index in [1.165, 1.54) is 0 Å². The van der Waals surface area contributed by atoms with Crippen molar-refractivity contribution in [1.82, 2.24) is 15.5 Å². The fourth-order valence-corrected chi connectivity index (χ4v) is 3.38. The topological polar surface area (TPSA) is 82.2 Å². The predicted molar refractivity (Wildman–Crippen MR) is 97.0 cm³/mol. The van der Waals surface area contributed by atoms with Gasteiger partial charge in [0.1, 0.15) is 11.5 Å². The highest BCUT2D eigenvalue weighted by Crippen LogP contribution is 2.16. The van der Waals surface area contributed by atoms with Crippen LogP contribution in [0.15, 0.2) is 25.3 Å². The summed E-state index contributed by atoms with van der Waals surface area (Å²) in [7, 11) is 4.04. The van der Waals surface area contributed by atoms with Gasteiger partial charge < -0.3 is 20.0 Å². The van der Waals surface area contributed by atoms with Gasteiger partial charge in [-0.2, -0.15) is 11.8 Å². The molecule has 1 aliphatic rings. The van der Waals surface area contributed by atoms with Crippen LogP contribution in [0, 0.1) is 0 Å². The predicted octanol–water partition coefficient (Wildman–Crippen LogP) is 1.16. The summed E-state index contributed by atoms with van der Waals surface area (Å²) in [5.41, 5.74) is 0. The second kappa shape index (κ2) is 9.09. The third-order valence-electron chi connectivity index (χ3n) is 2.88. The Hall–Kier alpha value is -1.32. The molecule has 0 saturated heterocycles. The molecule has 2 N–H and O–H groups in total. The molecule has 1 aromatic heterocycles. The van der Waals surface area contributed by atoms with E-state index in [-0.39, 0.29) is 0 Å². The van der Waals surface area contributed by atoms with Crippen LogP contribution in [0.4, 0.5) is 0 Å². The first-order valence-corrected chi connectivity index (χ1v) is 9.68. The van der Waals surface area contributed by atoms with Gasteiger partial charge in [0.15, 0.2) is 11.7 Å². The molecule has 7 nitrogen and oxygen atoms in total. The van der Waals surface area contributed by atoms with E-state index >= 15 is 0 Å². The zero-order chi connectivity index (χ0) is 16.7. The summed E-state index contributed by atoms with van der Waals surface area (Å²) in [5.74, 6) is 4.86. The molecular weight excluding hydrogens is 334 g/mol. The molecule has 23 heavy (non-hydrogen) atoms. The van der Waals surface area contributed by atoms with E-state index in [0.717, 1.165) is 42.7 Å². The smallest absolute Gasteiger partial charge is 0.269 e. The van der Waals surface area contributed by atoms with E-state index in [0.29, 0.717) is 11.7 Å². The highest BCUT2D eigenvalue weighted by atomic mass is 32.2. The lowest BCUT2D eigenvalue weighted by atomic mass is 10.4. The number of hydrogen-bond acceptors (Lipinski definition) is 6. The number of nitrogens with zero attached hydrogens (tertiary/aromatic N) is 3. The van der Waals surface area contributed by atoms with Crippen molar-refractivity contribution in [1.29, 1.82) is 0 Å². The molecule has 0 aromatic carbocycles. The van der Waals surface area contributed by atoms with Gasteiger partial charge in [-0.25, -0.2) is 4.21 Å². The van der Waals surface area contributed by atoms with Crippen molar-refractivity contribution in [3.63, 3.8) is 0 Å². The van der Waals surface area contributed by atoms with Crippen LogP contribution >= 0.6 is 11.8 Å². The van der Waals surface area contributed by atoms with Gasteiger partial charge in [-0.1, -0.05) is 0 Å². The summed E-state index contributed by atoms with van der Waals surface area (Å²) in [6, 6.07) is 4.05. The molecule has 0 aliphatic carbocycles. The number of hydrogen-bond donors (Lipinski definition) is 2. The quantitative estimate of drug-likeness (QED) is 0.680. The van der Waals surface area contributed by atoms with Crippen molar-refractivity contribution in [2.24, 2.45) is 8.80 Å². The number of nitrogens with one attached hydrogen (secondary N) is 2. The average Bonchev–Trinajstić information content (AvgIpc) is 3.05. The summed E-state index contributed by atoms with van der Waals surface area (Å²) in [6.45, 7) is 4.23. The van der Waals surface area contributed by atoms with Crippen LogP contribution in [-0.2, 0) is 23.5 Å². The molecular formula is C14H23N5O2S2. The van der Waals surface area contributed by atoms with E-state index in [9.17, 15) is 4.21 Å². The summed E-state index contributed by atoms with van der Waals surface area (Å²) in [6.07, 6.45) is 0.